The Morgan fingerprint density at radius 3 is 2.89 bits per heavy atom. The molecule has 3 N–H and O–H groups in total. The lowest BCUT2D eigenvalue weighted by Crippen LogP contribution is -2.43. The molecule has 35 heavy (non-hydrogen) atoms. The molecule has 3 aliphatic rings. The van der Waals surface area contributed by atoms with Crippen molar-refractivity contribution in [2.45, 2.75) is 25.2 Å². The number of benzene rings is 1. The van der Waals surface area contributed by atoms with Crippen molar-refractivity contribution < 1.29 is 9.53 Å². The van der Waals surface area contributed by atoms with Crippen LogP contribution in [0.25, 0.3) is 0 Å². The second-order valence-electron chi connectivity index (χ2n) is 8.96. The van der Waals surface area contributed by atoms with Crippen LogP contribution < -0.4 is 20.9 Å². The lowest BCUT2D eigenvalue weighted by Gasteiger charge is -2.30. The number of piperazine rings is 1. The number of hydrogen-bond donors (Lipinski definition) is 3. The van der Waals surface area contributed by atoms with E-state index in [1.54, 1.807) is 11.0 Å². The summed E-state index contributed by atoms with van der Waals surface area (Å²) in [6, 6.07) is 8.72. The molecule has 2 aliphatic heterocycles. The maximum Gasteiger partial charge on any atom is 0.414 e. The van der Waals surface area contributed by atoms with Crippen LogP contribution in [0.4, 0.5) is 27.9 Å². The minimum Gasteiger partial charge on any atom is -0.418 e. The number of anilines is 4. The Bertz CT molecular complexity index is 1130. The van der Waals surface area contributed by atoms with Crippen molar-refractivity contribution in [3.8, 4) is 6.07 Å². The molecule has 2 fully saturated rings. The molecule has 2 aromatic rings. The third-order valence-electron chi connectivity index (χ3n) is 6.44. The predicted molar refractivity (Wildman–Crippen MR) is 134 cm³/mol. The Labute approximate surface area is 205 Å². The second kappa shape index (κ2) is 10.6. The normalized spacial score (nSPS) is 17.6. The van der Waals surface area contributed by atoms with E-state index in [1.165, 1.54) is 36.6 Å². The highest BCUT2D eigenvalue weighted by atomic mass is 16.5. The van der Waals surface area contributed by atoms with Crippen molar-refractivity contribution in [3.05, 3.63) is 47.9 Å². The summed E-state index contributed by atoms with van der Waals surface area (Å²) in [7, 11) is 0. The highest BCUT2D eigenvalue weighted by Crippen LogP contribution is 2.45. The summed E-state index contributed by atoms with van der Waals surface area (Å²) in [6.07, 6.45) is 7.50. The third kappa shape index (κ3) is 5.63. The number of nitriles is 1. The van der Waals surface area contributed by atoms with E-state index in [4.69, 9.17) is 4.74 Å². The zero-order valence-corrected chi connectivity index (χ0v) is 19.7. The lowest BCUT2D eigenvalue weighted by molar-refractivity contribution is 0.133. The maximum absolute atomic E-state index is 11.7. The van der Waals surface area contributed by atoms with Crippen molar-refractivity contribution in [2.24, 2.45) is 0 Å². The average molecular weight is 475 g/mol. The summed E-state index contributed by atoms with van der Waals surface area (Å²) >= 11 is 0. The van der Waals surface area contributed by atoms with E-state index in [0.29, 0.717) is 49.3 Å². The van der Waals surface area contributed by atoms with Gasteiger partial charge in [-0.3, -0.25) is 0 Å². The number of ether oxygens (including phenoxy) is 1. The molecule has 10 nitrogen and oxygen atoms in total. The summed E-state index contributed by atoms with van der Waals surface area (Å²) in [5, 5.41) is 19.5. The topological polar surface area (TPSA) is 118 Å². The Balaban J connectivity index is 1.25. The van der Waals surface area contributed by atoms with Gasteiger partial charge < -0.3 is 30.5 Å². The summed E-state index contributed by atoms with van der Waals surface area (Å²) in [5.74, 6) is 1.50. The van der Waals surface area contributed by atoms with Gasteiger partial charge in [-0.05, 0) is 55.0 Å². The van der Waals surface area contributed by atoms with E-state index < -0.39 is 0 Å². The zero-order chi connectivity index (χ0) is 24.0. The van der Waals surface area contributed by atoms with E-state index in [0.717, 1.165) is 31.9 Å². The molecule has 1 saturated heterocycles. The molecule has 0 atom stereocenters. The van der Waals surface area contributed by atoms with Crippen LogP contribution in [0.2, 0.25) is 0 Å². The first-order chi connectivity index (χ1) is 17.2. The van der Waals surface area contributed by atoms with Gasteiger partial charge in [0.2, 0.25) is 5.95 Å². The van der Waals surface area contributed by atoms with E-state index in [-0.39, 0.29) is 6.09 Å². The molecule has 1 saturated carbocycles. The monoisotopic (exact) mass is 474 g/mol. The highest BCUT2D eigenvalue weighted by Gasteiger charge is 2.27. The van der Waals surface area contributed by atoms with Gasteiger partial charge in [-0.25, -0.2) is 9.78 Å². The van der Waals surface area contributed by atoms with Gasteiger partial charge in [-0.15, -0.1) is 0 Å². The zero-order valence-electron chi connectivity index (χ0n) is 19.7. The largest absolute Gasteiger partial charge is 0.418 e. The van der Waals surface area contributed by atoms with Crippen molar-refractivity contribution in [1.82, 2.24) is 20.2 Å². The van der Waals surface area contributed by atoms with E-state index in [2.05, 4.69) is 55.1 Å². The summed E-state index contributed by atoms with van der Waals surface area (Å²) < 4.78 is 4.90. The van der Waals surface area contributed by atoms with Crippen LogP contribution in [0.15, 0.2) is 36.7 Å². The second-order valence-corrected chi connectivity index (χ2v) is 8.96. The first-order valence-corrected chi connectivity index (χ1v) is 12.2. The van der Waals surface area contributed by atoms with Gasteiger partial charge in [0.05, 0.1) is 12.5 Å². The summed E-state index contributed by atoms with van der Waals surface area (Å²) in [6.45, 7) is 5.70. The molecule has 0 radical (unpaired) electrons. The van der Waals surface area contributed by atoms with Crippen molar-refractivity contribution >= 4 is 29.2 Å². The molecular formula is C25H30N8O2. The Hall–Kier alpha value is -3.84. The van der Waals surface area contributed by atoms with Crippen molar-refractivity contribution in [3.63, 3.8) is 0 Å². The van der Waals surface area contributed by atoms with Crippen molar-refractivity contribution in [2.75, 3.05) is 61.3 Å². The predicted octanol–water partition coefficient (Wildman–Crippen LogP) is 3.15. The molecule has 0 unspecified atom stereocenters. The lowest BCUT2D eigenvalue weighted by atomic mass is 10.1. The van der Waals surface area contributed by atoms with Crippen LogP contribution in [-0.2, 0) is 4.74 Å². The minimum atomic E-state index is -0.340. The molecule has 3 heterocycles. The quantitative estimate of drug-likeness (QED) is 0.471. The number of carbonyl (C=O) groups excluding carboxylic acids is 1. The number of nitrogens with zero attached hydrogens (tertiary/aromatic N) is 5. The molecule has 1 aliphatic carbocycles. The number of cyclic esters (lactones) is 1. The number of rotatable bonds is 9. The molecule has 10 heteroatoms. The molecule has 0 spiro atoms. The van der Waals surface area contributed by atoms with E-state index in [1.807, 2.05) is 0 Å². The SMILES string of the molecule is N#Cc1cnc(Nc2ccc(N3CCNCC3)cc2C2CC2)nc1NCCCN1CC=COC1=O. The Kier molecular flexibility index (Phi) is 6.95. The number of nitrogens with one attached hydrogen (secondary N) is 3. The van der Waals surface area contributed by atoms with Crippen LogP contribution in [0, 0.1) is 11.3 Å². The maximum atomic E-state index is 11.7. The van der Waals surface area contributed by atoms with Gasteiger partial charge >= 0.3 is 6.09 Å². The van der Waals surface area contributed by atoms with Gasteiger partial charge in [0.25, 0.3) is 0 Å². The fourth-order valence-corrected chi connectivity index (χ4v) is 4.38. The molecular weight excluding hydrogens is 444 g/mol. The van der Waals surface area contributed by atoms with Gasteiger partial charge in [-0.1, -0.05) is 0 Å². The van der Waals surface area contributed by atoms with Crippen molar-refractivity contribution in [1.29, 1.82) is 5.26 Å². The summed E-state index contributed by atoms with van der Waals surface area (Å²) in [5.41, 5.74) is 3.95. The highest BCUT2D eigenvalue weighted by molar-refractivity contribution is 5.69. The van der Waals surface area contributed by atoms with Crippen LogP contribution in [0.5, 0.6) is 0 Å². The minimum absolute atomic E-state index is 0.340. The Morgan fingerprint density at radius 1 is 1.26 bits per heavy atom. The third-order valence-corrected chi connectivity index (χ3v) is 6.44. The van der Waals surface area contributed by atoms with Gasteiger partial charge in [0.1, 0.15) is 17.5 Å². The van der Waals surface area contributed by atoms with Crippen LogP contribution in [-0.4, -0.2) is 66.8 Å². The first-order valence-electron chi connectivity index (χ1n) is 12.2. The fraction of sp³-hybridized carbons (Fsp3) is 0.440. The van der Waals surface area contributed by atoms with Gasteiger partial charge in [-0.2, -0.15) is 10.2 Å². The first kappa shape index (κ1) is 22.9. The Morgan fingerprint density at radius 2 is 2.11 bits per heavy atom. The average Bonchev–Trinajstić information content (AvgIpc) is 3.74. The van der Waals surface area contributed by atoms with Crippen LogP contribution in [0.3, 0.4) is 0 Å². The smallest absolute Gasteiger partial charge is 0.414 e. The molecule has 1 amide bonds. The molecule has 5 rings (SSSR count). The summed E-state index contributed by atoms with van der Waals surface area (Å²) in [4.78, 5) is 24.7. The number of amides is 1. The van der Waals surface area contributed by atoms with Gasteiger partial charge in [0, 0.05) is 57.2 Å². The van der Waals surface area contributed by atoms with E-state index >= 15 is 0 Å². The van der Waals surface area contributed by atoms with Crippen LogP contribution in [0.1, 0.15) is 36.3 Å². The molecule has 1 aromatic carbocycles. The standard InChI is InChI=1S/C25H30N8O2/c26-16-19-17-29-24(31-23(19)28-7-1-10-33-11-2-14-35-25(33)34)30-22-6-5-20(15-21(22)18-3-4-18)32-12-8-27-9-13-32/h2,5-6,14-15,17-18,27H,1,3-4,7-13H2,(H2,28,29,30,31). The molecule has 182 valence electrons. The van der Waals surface area contributed by atoms with Gasteiger partial charge in [0.15, 0.2) is 0 Å². The fourth-order valence-electron chi connectivity index (χ4n) is 4.38. The van der Waals surface area contributed by atoms with Crippen LogP contribution >= 0.6 is 0 Å². The molecule has 0 bridgehead atoms. The molecule has 1 aromatic heterocycles. The number of aromatic nitrogens is 2. The van der Waals surface area contributed by atoms with E-state index in [9.17, 15) is 10.1 Å². The number of carbonyl (C=O) groups is 1. The number of hydrogen-bond acceptors (Lipinski definition) is 9.